The van der Waals surface area contributed by atoms with E-state index in [1.165, 1.54) is 6.92 Å². The molecule has 0 radical (unpaired) electrons. The van der Waals surface area contributed by atoms with Crippen LogP contribution >= 0.6 is 7.75 Å². The number of hydrogen-bond acceptors (Lipinski definition) is 10. The predicted molar refractivity (Wildman–Crippen MR) is 157 cm³/mol. The van der Waals surface area contributed by atoms with Crippen molar-refractivity contribution in [2.45, 2.75) is 64.2 Å². The average molecular weight is 617 g/mol. The molecule has 1 amide bonds. The third-order valence-corrected chi connectivity index (χ3v) is 8.50. The van der Waals surface area contributed by atoms with E-state index in [0.29, 0.717) is 5.39 Å². The van der Waals surface area contributed by atoms with Crippen LogP contribution in [0.15, 0.2) is 67.4 Å². The third kappa shape index (κ3) is 7.41. The van der Waals surface area contributed by atoms with Gasteiger partial charge in [-0.05, 0) is 29.9 Å². The third-order valence-electron chi connectivity index (χ3n) is 6.89. The van der Waals surface area contributed by atoms with Crippen LogP contribution in [0.4, 0.5) is 0 Å². The van der Waals surface area contributed by atoms with Crippen molar-refractivity contribution < 1.29 is 47.7 Å². The first-order valence-corrected chi connectivity index (χ1v) is 15.3. The van der Waals surface area contributed by atoms with Gasteiger partial charge in [0.2, 0.25) is 5.91 Å². The van der Waals surface area contributed by atoms with Gasteiger partial charge in [-0.2, -0.15) is 5.09 Å². The van der Waals surface area contributed by atoms with Crippen molar-refractivity contribution in [1.82, 2.24) is 9.99 Å². The molecular weight excluding hydrogens is 579 g/mol. The maximum absolute atomic E-state index is 14.3. The minimum atomic E-state index is -4.46. The quantitative estimate of drug-likeness (QED) is 0.147. The smallest absolute Gasteiger partial charge is 0.459 e. The molecule has 0 bridgehead atoms. The number of amides is 1. The lowest BCUT2D eigenvalue weighted by Crippen LogP contribution is -2.46. The van der Waals surface area contributed by atoms with E-state index in [4.69, 9.17) is 18.5 Å². The number of esters is 1. The fraction of sp³-hybridized carbons (Fsp3) is 0.433. The molecule has 6 atom stereocenters. The Labute approximate surface area is 249 Å². The largest absolute Gasteiger partial charge is 0.464 e. The summed E-state index contributed by atoms with van der Waals surface area (Å²) < 4.78 is 37.3. The molecule has 12 nitrogen and oxygen atoms in total. The molecule has 2 aromatic carbocycles. The van der Waals surface area contributed by atoms with Gasteiger partial charge in [-0.3, -0.25) is 23.8 Å². The number of ketones is 1. The molecule has 2 aliphatic rings. The van der Waals surface area contributed by atoms with Crippen LogP contribution in [0, 0.1) is 5.41 Å². The second-order valence-corrected chi connectivity index (χ2v) is 13.4. The van der Waals surface area contributed by atoms with Crippen molar-refractivity contribution in [3.05, 3.63) is 67.4 Å². The first-order valence-electron chi connectivity index (χ1n) is 13.7. The summed E-state index contributed by atoms with van der Waals surface area (Å²) in [5.74, 6) is -1.56. The van der Waals surface area contributed by atoms with E-state index in [0.717, 1.165) is 28.6 Å². The van der Waals surface area contributed by atoms with Gasteiger partial charge in [0.25, 0.3) is 0 Å². The number of rotatable bonds is 11. The molecule has 2 aromatic rings. The van der Waals surface area contributed by atoms with Crippen LogP contribution in [0.5, 0.6) is 5.75 Å². The number of fused-ring (bicyclic) bond motifs is 1. The molecule has 0 aromatic heterocycles. The number of aliphatic hydroxyl groups is 2. The zero-order valence-electron chi connectivity index (χ0n) is 24.5. The van der Waals surface area contributed by atoms with Gasteiger partial charge in [0.05, 0.1) is 19.6 Å². The molecule has 43 heavy (non-hydrogen) atoms. The van der Waals surface area contributed by atoms with Crippen LogP contribution in [-0.4, -0.2) is 76.1 Å². The molecule has 0 spiro atoms. The molecule has 0 aliphatic carbocycles. The van der Waals surface area contributed by atoms with Crippen molar-refractivity contribution in [3.63, 3.8) is 0 Å². The first-order chi connectivity index (χ1) is 20.2. The van der Waals surface area contributed by atoms with E-state index in [-0.39, 0.29) is 17.8 Å². The van der Waals surface area contributed by atoms with Crippen molar-refractivity contribution in [3.8, 4) is 5.75 Å². The van der Waals surface area contributed by atoms with Gasteiger partial charge in [-0.1, -0.05) is 63.2 Å². The second kappa shape index (κ2) is 12.7. The van der Waals surface area contributed by atoms with Crippen LogP contribution in [0.1, 0.15) is 34.1 Å². The highest BCUT2D eigenvalue weighted by atomic mass is 31.2. The molecule has 2 aliphatic heterocycles. The summed E-state index contributed by atoms with van der Waals surface area (Å²) in [6.45, 7) is 10.3. The van der Waals surface area contributed by atoms with Crippen LogP contribution in [0.2, 0.25) is 0 Å². The lowest BCUT2D eigenvalue weighted by atomic mass is 9.96. The van der Waals surface area contributed by atoms with E-state index >= 15 is 0 Å². The Morgan fingerprint density at radius 1 is 1.23 bits per heavy atom. The number of nitrogens with one attached hydrogen (secondary N) is 1. The molecule has 1 saturated heterocycles. The monoisotopic (exact) mass is 616 g/mol. The number of carbonyl (C=O) groups excluding carboxylic acids is 3. The zero-order chi connectivity index (χ0) is 31.6. The Hall–Kier alpha value is -3.38. The summed E-state index contributed by atoms with van der Waals surface area (Å²) in [5.41, 5.74) is -2.17. The molecule has 3 N–H and O–H groups in total. The Bertz CT molecular complexity index is 1470. The van der Waals surface area contributed by atoms with Gasteiger partial charge in [-0.15, -0.1) is 6.58 Å². The zero-order valence-corrected chi connectivity index (χ0v) is 25.4. The molecule has 2 heterocycles. The Morgan fingerprint density at radius 2 is 1.93 bits per heavy atom. The number of ether oxygens (including phenoxy) is 2. The Balaban J connectivity index is 1.61. The lowest BCUT2D eigenvalue weighted by Gasteiger charge is -2.32. The SMILES string of the molecule is C=C[C@]1(COP(=O)(N[C@@H](C)C(=O)OCC(C)(C)C)Oc2cccc3ccccc23)O[C@@H](N2C=CC(=O)CC2=O)[C@H](O)[C@@H]1O. The second-order valence-electron chi connectivity index (χ2n) is 11.7. The highest BCUT2D eigenvalue weighted by molar-refractivity contribution is 7.52. The summed E-state index contributed by atoms with van der Waals surface area (Å²) in [5, 5.41) is 25.9. The Kier molecular flexibility index (Phi) is 9.60. The number of hydrogen-bond donors (Lipinski definition) is 3. The molecule has 0 saturated carbocycles. The van der Waals surface area contributed by atoms with Crippen LogP contribution in [-0.2, 0) is 32.9 Å². The maximum atomic E-state index is 14.3. The number of aliphatic hydroxyl groups excluding tert-OH is 2. The molecular formula is C30H37N2O10P. The topological polar surface area (TPSA) is 161 Å². The molecule has 232 valence electrons. The van der Waals surface area contributed by atoms with E-state index in [1.54, 1.807) is 24.3 Å². The highest BCUT2D eigenvalue weighted by Gasteiger charge is 2.56. The fourth-order valence-corrected chi connectivity index (χ4v) is 6.08. The molecule has 1 fully saturated rings. The van der Waals surface area contributed by atoms with Crippen molar-refractivity contribution in [2.75, 3.05) is 13.2 Å². The standard InChI is InChI=1S/C30H37N2O10P/c1-6-30(26(36)25(35)27(41-30)32-15-14-21(33)16-24(32)34)18-40-43(38,31-19(2)28(37)39-17-29(3,4)5)42-23-13-9-11-20-10-7-8-12-22(20)23/h6-15,19,25-27,35-36H,1,16-18H2,2-5H3,(H,31,38)/t19-,25+,26-,27+,30+,43?/m0/s1. The Morgan fingerprint density at radius 3 is 2.60 bits per heavy atom. The maximum Gasteiger partial charge on any atom is 0.459 e. The molecule has 1 unspecified atom stereocenters. The van der Waals surface area contributed by atoms with Crippen molar-refractivity contribution in [1.29, 1.82) is 0 Å². The van der Waals surface area contributed by atoms with Gasteiger partial charge < -0.3 is 24.2 Å². The summed E-state index contributed by atoms with van der Waals surface area (Å²) in [7, 11) is -4.46. The van der Waals surface area contributed by atoms with E-state index in [2.05, 4.69) is 11.7 Å². The van der Waals surface area contributed by atoms with E-state index in [9.17, 15) is 29.2 Å². The first kappa shape index (κ1) is 32.5. The van der Waals surface area contributed by atoms with Gasteiger partial charge in [0, 0.05) is 11.6 Å². The van der Waals surface area contributed by atoms with Gasteiger partial charge in [-0.25, -0.2) is 4.57 Å². The minimum Gasteiger partial charge on any atom is -0.464 e. The summed E-state index contributed by atoms with van der Waals surface area (Å²) in [4.78, 5) is 37.9. The highest BCUT2D eigenvalue weighted by Crippen LogP contribution is 2.49. The summed E-state index contributed by atoms with van der Waals surface area (Å²) >= 11 is 0. The lowest BCUT2D eigenvalue weighted by molar-refractivity contribution is -0.153. The van der Waals surface area contributed by atoms with Crippen LogP contribution in [0.3, 0.4) is 0 Å². The van der Waals surface area contributed by atoms with E-state index in [1.807, 2.05) is 39.0 Å². The van der Waals surface area contributed by atoms with Crippen LogP contribution in [0.25, 0.3) is 10.8 Å². The fourth-order valence-electron chi connectivity index (χ4n) is 4.53. The summed E-state index contributed by atoms with van der Waals surface area (Å²) in [6, 6.07) is 11.2. The van der Waals surface area contributed by atoms with Gasteiger partial charge in [0.15, 0.2) is 12.0 Å². The van der Waals surface area contributed by atoms with Crippen LogP contribution < -0.4 is 9.61 Å². The van der Waals surface area contributed by atoms with Crippen molar-refractivity contribution >= 4 is 36.2 Å². The van der Waals surface area contributed by atoms with Crippen molar-refractivity contribution in [2.24, 2.45) is 5.41 Å². The molecule has 4 rings (SSSR count). The summed E-state index contributed by atoms with van der Waals surface area (Å²) in [6.07, 6.45) is -1.67. The normalized spacial score (nSPS) is 26.3. The number of nitrogens with zero attached hydrogens (tertiary/aromatic N) is 1. The van der Waals surface area contributed by atoms with E-state index < -0.39 is 68.5 Å². The van der Waals surface area contributed by atoms with Gasteiger partial charge >= 0.3 is 13.7 Å². The number of benzene rings is 2. The predicted octanol–water partition coefficient (Wildman–Crippen LogP) is 3.23. The average Bonchev–Trinajstić information content (AvgIpc) is 3.20. The number of carbonyl (C=O) groups is 3. The van der Waals surface area contributed by atoms with Gasteiger partial charge in [0.1, 0.15) is 29.6 Å². The minimum absolute atomic E-state index is 0.112. The molecule has 13 heteroatoms. The number of allylic oxidation sites excluding steroid dienone is 1.